The Morgan fingerprint density at radius 2 is 0.828 bits per heavy atom. The molecule has 0 fully saturated rings. The van der Waals surface area contributed by atoms with E-state index in [1.807, 2.05) is 0 Å². The van der Waals surface area contributed by atoms with Gasteiger partial charge in [-0.1, -0.05) is 0 Å². The maximum absolute atomic E-state index is 15.7. The molecule has 0 aliphatic carbocycles. The molecule has 0 saturated heterocycles. The second-order valence-electron chi connectivity index (χ2n) is 13.2. The number of hydrogen-bond donors (Lipinski definition) is 0. The first kappa shape index (κ1) is 36.5. The number of hydrogen-bond acceptors (Lipinski definition) is 9. The summed E-state index contributed by atoms with van der Waals surface area (Å²) >= 11 is -5.82. The van der Waals surface area contributed by atoms with Crippen molar-refractivity contribution in [2.75, 3.05) is 0 Å². The van der Waals surface area contributed by atoms with Gasteiger partial charge in [0.2, 0.25) is 0 Å². The molecule has 0 amide bonds. The van der Waals surface area contributed by atoms with Gasteiger partial charge in [-0.3, -0.25) is 0 Å². The van der Waals surface area contributed by atoms with Crippen LogP contribution < -0.4 is 11.0 Å². The Hall–Kier alpha value is -5.84. The van der Waals surface area contributed by atoms with Crippen molar-refractivity contribution in [1.82, 2.24) is 6.55 Å². The zero-order valence-electron chi connectivity index (χ0n) is 28.4. The number of benzene rings is 4. The third-order valence-electron chi connectivity index (χ3n) is 9.90. The molecule has 0 unspecified atom stereocenters. The van der Waals surface area contributed by atoms with Crippen molar-refractivity contribution in [3.05, 3.63) is 130 Å². The van der Waals surface area contributed by atoms with Crippen LogP contribution in [0.5, 0.6) is 0 Å². The van der Waals surface area contributed by atoms with Crippen LogP contribution in [-0.4, -0.2) is 78.6 Å². The first-order valence-electron chi connectivity index (χ1n) is 16.8. The molecule has 58 heavy (non-hydrogen) atoms. The number of fused-ring (bicyclic) bond motifs is 14. The predicted molar refractivity (Wildman–Crippen MR) is 192 cm³/mol. The Bertz CT molecular complexity index is 3060. The van der Waals surface area contributed by atoms with Gasteiger partial charge in [0.25, 0.3) is 0 Å². The van der Waals surface area contributed by atoms with E-state index in [1.54, 1.807) is 72.8 Å². The van der Waals surface area contributed by atoms with Gasteiger partial charge in [0.05, 0.1) is 0 Å². The van der Waals surface area contributed by atoms with Crippen molar-refractivity contribution >= 4 is 83.7 Å². The normalized spacial score (nSPS) is 16.2. The van der Waals surface area contributed by atoms with Gasteiger partial charge in [-0.25, -0.2) is 0 Å². The van der Waals surface area contributed by atoms with Gasteiger partial charge in [-0.15, -0.1) is 0 Å². The average Bonchev–Trinajstić information content (AvgIpc) is 3.89. The van der Waals surface area contributed by atoms with E-state index in [-0.39, 0.29) is 67.5 Å². The molecular formula is C36H16F9GaN8O3S. The quantitative estimate of drug-likeness (QED) is 0.142. The Morgan fingerprint density at radius 1 is 0.466 bits per heavy atom. The van der Waals surface area contributed by atoms with Crippen LogP contribution in [0.15, 0.2) is 127 Å². The fourth-order valence-corrected chi connectivity index (χ4v) is 15.3. The second kappa shape index (κ2) is 11.9. The summed E-state index contributed by atoms with van der Waals surface area (Å²) in [5, 5.41) is -6.48. The van der Waals surface area contributed by atoms with Crippen LogP contribution in [0, 0.1) is 0 Å². The van der Waals surface area contributed by atoms with Crippen molar-refractivity contribution in [3.63, 3.8) is 0 Å². The molecule has 4 aliphatic heterocycles. The number of aliphatic imine (C=N–C) groups is 4. The first-order chi connectivity index (χ1) is 27.4. The Labute approximate surface area is 323 Å². The monoisotopic (exact) mass is 880 g/mol. The average molecular weight is 881 g/mol. The van der Waals surface area contributed by atoms with Gasteiger partial charge in [-0.05, 0) is 0 Å². The van der Waals surface area contributed by atoms with Crippen molar-refractivity contribution in [2.24, 2.45) is 30.0 Å². The van der Waals surface area contributed by atoms with E-state index >= 15 is 17.6 Å². The summed E-state index contributed by atoms with van der Waals surface area (Å²) < 4.78 is 165. The standard InChI is InChI=1S/C32H16N8.C4HF9O3S.Ga/c1-2-10-18-17(9-1)25-33-26(18)38-28-21-13-5-6-14-22(21)30(35-28)40-32-24-16-8-7-15-23(24)31(36-32)39-29-20-12-4-3-11-19(20)27(34-29)37-25;5-1(6,3(9,10)11)2(7,8)4(12,13)17(14,15)16;/h1-16H;(H,14,15,16);/q-2;;+3/p-1. The van der Waals surface area contributed by atoms with Crippen LogP contribution in [0.2, 0.25) is 0 Å². The van der Waals surface area contributed by atoms with E-state index in [9.17, 15) is 30.4 Å². The number of halogens is 9. The summed E-state index contributed by atoms with van der Waals surface area (Å²) in [5.41, 5.74) is 1.16. The SMILES string of the molecule is O=S(=O)([O][Ga]1[n]2c3c4ccccc4c2N=C2N=C(N=c4c5ccccc5c([n]41)=NC1=NC(=N3)c3ccccc31)c1ccccc12)C(F)(F)C(F)(F)C(F)(F)C(F)(F)F. The van der Waals surface area contributed by atoms with Gasteiger partial charge in [0, 0.05) is 0 Å². The molecule has 0 radical (unpaired) electrons. The molecule has 22 heteroatoms. The van der Waals surface area contributed by atoms with Gasteiger partial charge >= 0.3 is 325 Å². The summed E-state index contributed by atoms with van der Waals surface area (Å²) in [5.74, 6) is -15.7. The summed E-state index contributed by atoms with van der Waals surface area (Å²) in [6, 6.07) is 25.5. The van der Waals surface area contributed by atoms with Crippen LogP contribution in [-0.2, 0) is 13.1 Å². The van der Waals surface area contributed by atoms with E-state index in [0.29, 0.717) is 22.3 Å². The molecule has 0 spiro atoms. The van der Waals surface area contributed by atoms with Gasteiger partial charge in [-0.2, -0.15) is 0 Å². The molecule has 10 rings (SSSR count). The molecule has 0 N–H and O–H groups in total. The van der Waals surface area contributed by atoms with Crippen LogP contribution in [0.4, 0.5) is 51.1 Å². The number of rotatable bonds is 5. The van der Waals surface area contributed by atoms with Gasteiger partial charge < -0.3 is 0 Å². The number of aromatic nitrogens is 2. The second-order valence-corrected chi connectivity index (χ2v) is 19.6. The van der Waals surface area contributed by atoms with Gasteiger partial charge in [0.1, 0.15) is 0 Å². The minimum atomic E-state index is -7.58. The predicted octanol–water partition coefficient (Wildman–Crippen LogP) is 6.69. The van der Waals surface area contributed by atoms with Crippen LogP contribution >= 0.6 is 0 Å². The van der Waals surface area contributed by atoms with Gasteiger partial charge in [0.15, 0.2) is 0 Å². The number of alkyl halides is 9. The maximum atomic E-state index is 15.7. The molecule has 11 nitrogen and oxygen atoms in total. The Morgan fingerprint density at radius 3 is 1.22 bits per heavy atom. The van der Waals surface area contributed by atoms with Crippen LogP contribution in [0.3, 0.4) is 0 Å². The topological polar surface area (TPSA) is 127 Å². The van der Waals surface area contributed by atoms with E-state index < -0.39 is 50.5 Å². The fraction of sp³-hybridized carbons (Fsp3) is 0.111. The molecule has 0 atom stereocenters. The zero-order valence-corrected chi connectivity index (χ0v) is 31.7. The molecule has 4 aliphatic rings. The Balaban J connectivity index is 1.40. The van der Waals surface area contributed by atoms with Crippen molar-refractivity contribution < 1.29 is 50.9 Å². The molecule has 290 valence electrons. The molecule has 6 aromatic rings. The van der Waals surface area contributed by atoms with Crippen LogP contribution in [0.25, 0.3) is 21.5 Å². The molecular weight excluding hydrogens is 865 g/mol. The summed E-state index contributed by atoms with van der Waals surface area (Å²) in [7, 11) is -7.50. The van der Waals surface area contributed by atoms with E-state index in [4.69, 9.17) is 22.9 Å². The summed E-state index contributed by atoms with van der Waals surface area (Å²) in [6.45, 7) is 0. The van der Waals surface area contributed by atoms with E-state index in [1.165, 1.54) is 24.3 Å². The third kappa shape index (κ3) is 4.78. The number of nitrogens with zero attached hydrogens (tertiary/aromatic N) is 8. The van der Waals surface area contributed by atoms with Crippen molar-refractivity contribution in [3.8, 4) is 0 Å². The molecule has 6 bridgehead atoms. The summed E-state index contributed by atoms with van der Waals surface area (Å²) in [4.78, 5) is 28.3. The fourth-order valence-electron chi connectivity index (χ4n) is 7.16. The van der Waals surface area contributed by atoms with Crippen LogP contribution in [0.1, 0.15) is 22.3 Å². The molecule has 0 saturated carbocycles. The zero-order chi connectivity index (χ0) is 40.7. The Kier molecular flexibility index (Phi) is 7.46. The van der Waals surface area contributed by atoms with E-state index in [0.717, 1.165) is 6.55 Å². The molecule has 6 heterocycles. The van der Waals surface area contributed by atoms with E-state index in [2.05, 4.69) is 9.98 Å². The minimum absolute atomic E-state index is 0.0171. The third-order valence-corrected chi connectivity index (χ3v) is 17.8. The first-order valence-corrected chi connectivity index (χ1v) is 21.4. The molecule has 4 aromatic carbocycles. The van der Waals surface area contributed by atoms with Crippen molar-refractivity contribution in [2.45, 2.75) is 23.3 Å². The summed E-state index contributed by atoms with van der Waals surface area (Å²) in [6.07, 6.45) is -7.31. The van der Waals surface area contributed by atoms with Crippen molar-refractivity contribution in [1.29, 1.82) is 0 Å². The number of amidine groups is 4. The molecule has 2 aromatic heterocycles.